The van der Waals surface area contributed by atoms with Gasteiger partial charge < -0.3 is 10.2 Å². The van der Waals surface area contributed by atoms with Crippen LogP contribution in [0.4, 0.5) is 0 Å². The average Bonchev–Trinajstić information content (AvgIpc) is 2.96. The lowest BCUT2D eigenvalue weighted by Crippen LogP contribution is -2.54. The molecule has 0 aromatic carbocycles. The first-order valence-electron chi connectivity index (χ1n) is 7.98. The summed E-state index contributed by atoms with van der Waals surface area (Å²) in [4.78, 5) is 18.5. The van der Waals surface area contributed by atoms with Gasteiger partial charge in [0, 0.05) is 43.5 Å². The highest BCUT2D eigenvalue weighted by Gasteiger charge is 2.32. The summed E-state index contributed by atoms with van der Waals surface area (Å²) in [7, 11) is 0. The van der Waals surface area contributed by atoms with E-state index in [0.29, 0.717) is 11.8 Å². The van der Waals surface area contributed by atoms with Crippen LogP contribution in [0.3, 0.4) is 0 Å². The smallest absolute Gasteiger partial charge is 0.225 e. The van der Waals surface area contributed by atoms with E-state index in [-0.39, 0.29) is 5.92 Å². The molecular weight excluding hydrogens is 282 g/mol. The molecule has 1 atom stereocenters. The molecule has 4 nitrogen and oxygen atoms in total. The Hall–Kier alpha value is -0.910. The predicted molar refractivity (Wildman–Crippen MR) is 86.6 cm³/mol. The molecule has 5 heteroatoms. The van der Waals surface area contributed by atoms with Gasteiger partial charge >= 0.3 is 0 Å². The summed E-state index contributed by atoms with van der Waals surface area (Å²) in [6.07, 6.45) is 1.13. The van der Waals surface area contributed by atoms with Gasteiger partial charge in [0.1, 0.15) is 0 Å². The van der Waals surface area contributed by atoms with Crippen molar-refractivity contribution in [3.8, 4) is 0 Å². The zero-order chi connectivity index (χ0) is 14.7. The highest BCUT2D eigenvalue weighted by molar-refractivity contribution is 7.09. The first-order valence-corrected chi connectivity index (χ1v) is 8.86. The van der Waals surface area contributed by atoms with Crippen LogP contribution in [-0.2, 0) is 11.2 Å². The fraction of sp³-hybridized carbons (Fsp3) is 0.688. The number of piperazine rings is 1. The molecule has 1 N–H and O–H groups in total. The van der Waals surface area contributed by atoms with Crippen LogP contribution in [0.2, 0.25) is 0 Å². The lowest BCUT2D eigenvalue weighted by Gasteiger charge is -2.39. The van der Waals surface area contributed by atoms with Gasteiger partial charge in [-0.15, -0.1) is 11.3 Å². The minimum absolute atomic E-state index is 0.184. The molecule has 1 unspecified atom stereocenters. The Labute approximate surface area is 131 Å². The molecule has 2 aliphatic rings. The van der Waals surface area contributed by atoms with Gasteiger partial charge in [0.15, 0.2) is 0 Å². The largest absolute Gasteiger partial charge is 0.340 e. The normalized spacial score (nSPS) is 22.0. The zero-order valence-corrected chi connectivity index (χ0v) is 13.6. The van der Waals surface area contributed by atoms with E-state index in [1.165, 1.54) is 4.88 Å². The molecule has 116 valence electrons. The maximum absolute atomic E-state index is 12.5. The molecule has 1 aromatic rings. The summed E-state index contributed by atoms with van der Waals surface area (Å²) in [5, 5.41) is 5.40. The van der Waals surface area contributed by atoms with Gasteiger partial charge in [-0.3, -0.25) is 9.69 Å². The standard InChI is InChI=1S/C16H25N3OS/c1-13(14-11-17-12-14)16(20)19-8-6-18(7-9-19)5-4-15-3-2-10-21-15/h2-3,10,13-14,17H,4-9,11-12H2,1H3. The van der Waals surface area contributed by atoms with Crippen LogP contribution in [0, 0.1) is 11.8 Å². The Balaban J connectivity index is 1.41. The van der Waals surface area contributed by atoms with Crippen molar-refractivity contribution in [3.63, 3.8) is 0 Å². The van der Waals surface area contributed by atoms with Crippen molar-refractivity contribution in [3.05, 3.63) is 22.4 Å². The Morgan fingerprint density at radius 3 is 2.71 bits per heavy atom. The van der Waals surface area contributed by atoms with Crippen LogP contribution in [0.15, 0.2) is 17.5 Å². The molecule has 3 rings (SSSR count). The van der Waals surface area contributed by atoms with Gasteiger partial charge in [0.2, 0.25) is 5.91 Å². The number of carbonyl (C=O) groups excluding carboxylic acids is 1. The predicted octanol–water partition coefficient (Wildman–Crippen LogP) is 1.29. The quantitative estimate of drug-likeness (QED) is 0.890. The molecule has 2 fully saturated rings. The van der Waals surface area contributed by atoms with Crippen molar-refractivity contribution in [1.29, 1.82) is 0 Å². The Morgan fingerprint density at radius 1 is 1.38 bits per heavy atom. The minimum Gasteiger partial charge on any atom is -0.340 e. The molecular formula is C16H25N3OS. The SMILES string of the molecule is CC(C(=O)N1CCN(CCc2cccs2)CC1)C1CNC1. The van der Waals surface area contributed by atoms with Gasteiger partial charge in [-0.2, -0.15) is 0 Å². The van der Waals surface area contributed by atoms with Gasteiger partial charge in [0.25, 0.3) is 0 Å². The maximum Gasteiger partial charge on any atom is 0.225 e. The molecule has 21 heavy (non-hydrogen) atoms. The van der Waals surface area contributed by atoms with Crippen LogP contribution < -0.4 is 5.32 Å². The molecule has 1 aromatic heterocycles. The average molecular weight is 307 g/mol. The number of amides is 1. The van der Waals surface area contributed by atoms with Gasteiger partial charge in [0.05, 0.1) is 0 Å². The molecule has 0 saturated carbocycles. The summed E-state index contributed by atoms with van der Waals surface area (Å²) in [6, 6.07) is 4.33. The van der Waals surface area contributed by atoms with E-state index in [2.05, 4.69) is 39.6 Å². The summed E-state index contributed by atoms with van der Waals surface area (Å²) in [6.45, 7) is 9.06. The molecule has 0 spiro atoms. The van der Waals surface area contributed by atoms with E-state index in [4.69, 9.17) is 0 Å². The first kappa shape index (κ1) is 15.0. The topological polar surface area (TPSA) is 35.6 Å². The fourth-order valence-corrected chi connectivity index (χ4v) is 3.77. The number of nitrogens with zero attached hydrogens (tertiary/aromatic N) is 2. The highest BCUT2D eigenvalue weighted by atomic mass is 32.1. The van der Waals surface area contributed by atoms with E-state index in [0.717, 1.165) is 52.2 Å². The Morgan fingerprint density at radius 2 is 2.14 bits per heavy atom. The third-order valence-electron chi connectivity index (χ3n) is 4.85. The van der Waals surface area contributed by atoms with Crippen molar-refractivity contribution in [2.24, 2.45) is 11.8 Å². The number of thiophene rings is 1. The number of nitrogens with one attached hydrogen (secondary N) is 1. The second kappa shape index (κ2) is 6.90. The summed E-state index contributed by atoms with van der Waals surface area (Å²) >= 11 is 1.84. The van der Waals surface area contributed by atoms with Gasteiger partial charge in [-0.05, 0) is 36.9 Å². The Bertz CT molecular complexity index is 450. The van der Waals surface area contributed by atoms with E-state index >= 15 is 0 Å². The molecule has 2 saturated heterocycles. The van der Waals surface area contributed by atoms with Crippen molar-refractivity contribution >= 4 is 17.2 Å². The van der Waals surface area contributed by atoms with Crippen LogP contribution in [0.5, 0.6) is 0 Å². The number of hydrogen-bond donors (Lipinski definition) is 1. The minimum atomic E-state index is 0.184. The number of rotatable bonds is 5. The van der Waals surface area contributed by atoms with Crippen molar-refractivity contribution in [2.75, 3.05) is 45.8 Å². The zero-order valence-electron chi connectivity index (χ0n) is 12.8. The van der Waals surface area contributed by atoms with Crippen LogP contribution in [0.1, 0.15) is 11.8 Å². The highest BCUT2D eigenvalue weighted by Crippen LogP contribution is 2.19. The summed E-state index contributed by atoms with van der Waals surface area (Å²) in [5.41, 5.74) is 0. The number of carbonyl (C=O) groups is 1. The number of hydrogen-bond acceptors (Lipinski definition) is 4. The van der Waals surface area contributed by atoms with Crippen molar-refractivity contribution in [2.45, 2.75) is 13.3 Å². The molecule has 1 amide bonds. The second-order valence-corrected chi connectivity index (χ2v) is 7.24. The van der Waals surface area contributed by atoms with E-state index in [1.54, 1.807) is 0 Å². The monoisotopic (exact) mass is 307 g/mol. The van der Waals surface area contributed by atoms with E-state index in [9.17, 15) is 4.79 Å². The lowest BCUT2D eigenvalue weighted by atomic mass is 9.88. The third kappa shape index (κ3) is 3.65. The summed E-state index contributed by atoms with van der Waals surface area (Å²) < 4.78 is 0. The van der Waals surface area contributed by atoms with Crippen LogP contribution >= 0.6 is 11.3 Å². The third-order valence-corrected chi connectivity index (χ3v) is 5.78. The first-order chi connectivity index (χ1) is 10.2. The van der Waals surface area contributed by atoms with Gasteiger partial charge in [-0.25, -0.2) is 0 Å². The fourth-order valence-electron chi connectivity index (χ4n) is 3.07. The van der Waals surface area contributed by atoms with Crippen LogP contribution in [-0.4, -0.2) is 61.5 Å². The lowest BCUT2D eigenvalue weighted by molar-refractivity contribution is -0.139. The van der Waals surface area contributed by atoms with Crippen molar-refractivity contribution < 1.29 is 4.79 Å². The molecule has 3 heterocycles. The second-order valence-electron chi connectivity index (χ2n) is 6.20. The Kier molecular flexibility index (Phi) is 4.93. The van der Waals surface area contributed by atoms with E-state index < -0.39 is 0 Å². The molecule has 2 aliphatic heterocycles. The maximum atomic E-state index is 12.5. The van der Waals surface area contributed by atoms with Crippen molar-refractivity contribution in [1.82, 2.24) is 15.1 Å². The molecule has 0 radical (unpaired) electrons. The van der Waals surface area contributed by atoms with E-state index in [1.807, 2.05) is 11.3 Å². The molecule has 0 bridgehead atoms. The van der Waals surface area contributed by atoms with Gasteiger partial charge in [-0.1, -0.05) is 13.0 Å². The molecule has 0 aliphatic carbocycles. The summed E-state index contributed by atoms with van der Waals surface area (Å²) in [5.74, 6) is 1.10. The van der Waals surface area contributed by atoms with Crippen LogP contribution in [0.25, 0.3) is 0 Å².